The van der Waals surface area contributed by atoms with Crippen LogP contribution in [0.1, 0.15) is 17.2 Å². The second kappa shape index (κ2) is 6.45. The van der Waals surface area contributed by atoms with Crippen LogP contribution in [0, 0.1) is 0 Å². The molecule has 0 spiro atoms. The molecule has 0 bridgehead atoms. The van der Waals surface area contributed by atoms with Crippen molar-refractivity contribution in [3.8, 4) is 5.75 Å². The van der Waals surface area contributed by atoms with E-state index < -0.39 is 0 Å². The van der Waals surface area contributed by atoms with Crippen molar-refractivity contribution in [1.82, 2.24) is 19.9 Å². The van der Waals surface area contributed by atoms with Gasteiger partial charge in [-0.05, 0) is 17.7 Å². The number of nitrogens with zero attached hydrogens (tertiary/aromatic N) is 4. The van der Waals surface area contributed by atoms with Crippen LogP contribution >= 0.6 is 0 Å². The van der Waals surface area contributed by atoms with E-state index in [1.54, 1.807) is 11.8 Å². The van der Waals surface area contributed by atoms with Gasteiger partial charge in [0.15, 0.2) is 6.61 Å². The Balaban J connectivity index is 1.48. The molecule has 2 aliphatic rings. The van der Waals surface area contributed by atoms with Gasteiger partial charge in [-0.1, -0.05) is 11.3 Å². The predicted octanol–water partition coefficient (Wildman–Crippen LogP) is 0.760. The molecule has 1 aromatic carbocycles. The van der Waals surface area contributed by atoms with Crippen LogP contribution in [0.15, 0.2) is 24.4 Å². The summed E-state index contributed by atoms with van der Waals surface area (Å²) in [5.74, 6) is 0.810. The van der Waals surface area contributed by atoms with Crippen molar-refractivity contribution < 1.29 is 14.3 Å². The number of benzene rings is 1. The number of rotatable bonds is 4. The fourth-order valence-corrected chi connectivity index (χ4v) is 3.53. The summed E-state index contributed by atoms with van der Waals surface area (Å²) < 4.78 is 12.8. The molecule has 3 heterocycles. The molecule has 4 rings (SSSR count). The fourth-order valence-electron chi connectivity index (χ4n) is 3.53. The normalized spacial score (nSPS) is 23.2. The Hall–Kier alpha value is -2.45. The van der Waals surface area contributed by atoms with Gasteiger partial charge in [-0.15, -0.1) is 5.10 Å². The molecule has 2 atom stereocenters. The molecule has 8 heteroatoms. The Morgan fingerprint density at radius 3 is 3.04 bits per heavy atom. The topological polar surface area (TPSA) is 81.5 Å². The molecular weight excluding hydrogens is 322 g/mol. The zero-order chi connectivity index (χ0) is 17.4. The quantitative estimate of drug-likeness (QED) is 0.883. The van der Waals surface area contributed by atoms with E-state index in [1.807, 2.05) is 31.4 Å². The Labute approximate surface area is 145 Å². The molecule has 0 saturated carbocycles. The van der Waals surface area contributed by atoms with Crippen LogP contribution in [0.25, 0.3) is 0 Å². The molecule has 1 fully saturated rings. The monoisotopic (exact) mass is 343 g/mol. The van der Waals surface area contributed by atoms with Gasteiger partial charge in [0, 0.05) is 45.9 Å². The number of aryl methyl sites for hydroxylation is 1. The first-order valence-corrected chi connectivity index (χ1v) is 8.29. The number of anilines is 1. The van der Waals surface area contributed by atoms with Crippen LogP contribution in [0.2, 0.25) is 0 Å². The zero-order valence-corrected chi connectivity index (χ0v) is 14.3. The number of nitrogens with one attached hydrogen (secondary N) is 1. The molecule has 2 aliphatic heterocycles. The molecule has 8 nitrogen and oxygen atoms in total. The highest BCUT2D eigenvalue weighted by atomic mass is 16.5. The van der Waals surface area contributed by atoms with Gasteiger partial charge in [-0.25, -0.2) is 0 Å². The van der Waals surface area contributed by atoms with Crippen molar-refractivity contribution in [1.29, 1.82) is 0 Å². The number of amides is 1. The molecule has 0 radical (unpaired) electrons. The molecule has 132 valence electrons. The average molecular weight is 343 g/mol. The minimum absolute atomic E-state index is 0.0772. The smallest absolute Gasteiger partial charge is 0.262 e. The summed E-state index contributed by atoms with van der Waals surface area (Å²) in [6.45, 7) is 2.54. The largest absolute Gasteiger partial charge is 0.482 e. The van der Waals surface area contributed by atoms with Crippen LogP contribution in [0.5, 0.6) is 5.75 Å². The second-order valence-electron chi connectivity index (χ2n) is 6.56. The number of carbonyl (C=O) groups excluding carboxylic acids is 1. The summed E-state index contributed by atoms with van der Waals surface area (Å²) in [5.41, 5.74) is 2.82. The molecule has 1 saturated heterocycles. The number of methoxy groups -OCH3 is 1. The number of aromatic nitrogens is 3. The number of carbonyl (C=O) groups is 1. The van der Waals surface area contributed by atoms with Crippen LogP contribution in [0.4, 0.5) is 5.69 Å². The van der Waals surface area contributed by atoms with E-state index in [1.165, 1.54) is 0 Å². The van der Waals surface area contributed by atoms with Gasteiger partial charge in [0.1, 0.15) is 5.75 Å². The third kappa shape index (κ3) is 3.22. The lowest BCUT2D eigenvalue weighted by Gasteiger charge is -2.20. The van der Waals surface area contributed by atoms with E-state index in [4.69, 9.17) is 9.47 Å². The van der Waals surface area contributed by atoms with Crippen molar-refractivity contribution in [3.63, 3.8) is 0 Å². The van der Waals surface area contributed by atoms with Crippen LogP contribution in [-0.4, -0.2) is 58.7 Å². The van der Waals surface area contributed by atoms with E-state index in [-0.39, 0.29) is 24.5 Å². The van der Waals surface area contributed by atoms with Crippen LogP contribution < -0.4 is 10.1 Å². The lowest BCUT2D eigenvalue weighted by atomic mass is 10.0. The van der Waals surface area contributed by atoms with Gasteiger partial charge in [-0.3, -0.25) is 14.4 Å². The van der Waals surface area contributed by atoms with Gasteiger partial charge >= 0.3 is 0 Å². The van der Waals surface area contributed by atoms with Crippen molar-refractivity contribution in [2.24, 2.45) is 7.05 Å². The van der Waals surface area contributed by atoms with Crippen molar-refractivity contribution in [2.75, 3.05) is 32.1 Å². The molecule has 2 aromatic rings. The van der Waals surface area contributed by atoms with Crippen molar-refractivity contribution >= 4 is 11.6 Å². The van der Waals surface area contributed by atoms with Gasteiger partial charge in [0.05, 0.1) is 17.5 Å². The van der Waals surface area contributed by atoms with Gasteiger partial charge in [0.25, 0.3) is 5.91 Å². The first kappa shape index (κ1) is 16.0. The number of ether oxygens (including phenoxy) is 2. The Kier molecular flexibility index (Phi) is 4.14. The summed E-state index contributed by atoms with van der Waals surface area (Å²) >= 11 is 0. The number of hydrogen-bond donors (Lipinski definition) is 1. The standard InChI is InChI=1S/C17H21N5O3/c1-21-8-14(19-20-21)12-7-22(9-16(12)24-2)6-11-3-4-15-13(5-11)18-17(23)10-25-15/h3-5,8,12,16H,6-7,9-10H2,1-2H3,(H,18,23)/t12-,16+/m0/s1. The average Bonchev–Trinajstić information content (AvgIpc) is 3.20. The highest BCUT2D eigenvalue weighted by Crippen LogP contribution is 2.32. The molecule has 0 aliphatic carbocycles. The SMILES string of the molecule is CO[C@@H]1CN(Cc2ccc3c(c2)NC(=O)CO3)C[C@H]1c1cn(C)nn1. The maximum Gasteiger partial charge on any atom is 0.262 e. The van der Waals surface area contributed by atoms with Crippen LogP contribution in [-0.2, 0) is 23.1 Å². The number of hydrogen-bond acceptors (Lipinski definition) is 6. The Morgan fingerprint density at radius 2 is 2.28 bits per heavy atom. The van der Waals surface area contributed by atoms with E-state index in [2.05, 4.69) is 20.5 Å². The summed E-state index contributed by atoms with van der Waals surface area (Å²) in [7, 11) is 3.61. The molecule has 0 unspecified atom stereocenters. The lowest BCUT2D eigenvalue weighted by molar-refractivity contribution is -0.118. The predicted molar refractivity (Wildman–Crippen MR) is 90.4 cm³/mol. The Morgan fingerprint density at radius 1 is 1.40 bits per heavy atom. The highest BCUT2D eigenvalue weighted by molar-refractivity contribution is 5.95. The number of likely N-dealkylation sites (tertiary alicyclic amines) is 1. The minimum atomic E-state index is -0.118. The highest BCUT2D eigenvalue weighted by Gasteiger charge is 2.35. The second-order valence-corrected chi connectivity index (χ2v) is 6.56. The maximum absolute atomic E-state index is 11.5. The van der Waals surface area contributed by atoms with E-state index in [0.29, 0.717) is 0 Å². The molecule has 1 aromatic heterocycles. The van der Waals surface area contributed by atoms with Gasteiger partial charge in [0.2, 0.25) is 0 Å². The number of fused-ring (bicyclic) bond motifs is 1. The fraction of sp³-hybridized carbons (Fsp3) is 0.471. The first-order chi connectivity index (χ1) is 12.1. The third-order valence-corrected chi connectivity index (χ3v) is 4.73. The van der Waals surface area contributed by atoms with Crippen molar-refractivity contribution in [2.45, 2.75) is 18.6 Å². The molecule has 25 heavy (non-hydrogen) atoms. The van der Waals surface area contributed by atoms with Crippen molar-refractivity contribution in [3.05, 3.63) is 35.7 Å². The molecule has 1 N–H and O–H groups in total. The van der Waals surface area contributed by atoms with E-state index >= 15 is 0 Å². The third-order valence-electron chi connectivity index (χ3n) is 4.73. The van der Waals surface area contributed by atoms with E-state index in [9.17, 15) is 4.79 Å². The summed E-state index contributed by atoms with van der Waals surface area (Å²) in [6.07, 6.45) is 2.05. The summed E-state index contributed by atoms with van der Waals surface area (Å²) in [5, 5.41) is 11.1. The molecule has 1 amide bonds. The molecular formula is C17H21N5O3. The van der Waals surface area contributed by atoms with Crippen LogP contribution in [0.3, 0.4) is 0 Å². The summed E-state index contributed by atoms with van der Waals surface area (Å²) in [6, 6.07) is 5.92. The maximum atomic E-state index is 11.5. The van der Waals surface area contributed by atoms with Gasteiger partial charge < -0.3 is 14.8 Å². The minimum Gasteiger partial charge on any atom is -0.482 e. The lowest BCUT2D eigenvalue weighted by Crippen LogP contribution is -2.26. The zero-order valence-electron chi connectivity index (χ0n) is 14.3. The first-order valence-electron chi connectivity index (χ1n) is 8.29. The van der Waals surface area contributed by atoms with E-state index in [0.717, 1.165) is 42.3 Å². The Bertz CT molecular complexity index is 790. The summed E-state index contributed by atoms with van der Waals surface area (Å²) in [4.78, 5) is 13.8. The van der Waals surface area contributed by atoms with Gasteiger partial charge in [-0.2, -0.15) is 0 Å².